The van der Waals surface area contributed by atoms with Crippen molar-refractivity contribution in [2.75, 3.05) is 6.61 Å². The molecule has 2 aliphatic carbocycles. The number of alkyl halides is 1. The Bertz CT molecular complexity index is 404. The highest BCUT2D eigenvalue weighted by Crippen LogP contribution is 2.62. The van der Waals surface area contributed by atoms with E-state index in [9.17, 15) is 0 Å². The number of fused-ring (bicyclic) bond motifs is 1. The summed E-state index contributed by atoms with van der Waals surface area (Å²) in [6, 6.07) is 11.1. The van der Waals surface area contributed by atoms with E-state index >= 15 is 0 Å². The summed E-state index contributed by atoms with van der Waals surface area (Å²) in [4.78, 5) is 0. The lowest BCUT2D eigenvalue weighted by molar-refractivity contribution is 0.109. The first kappa shape index (κ1) is 9.89. The first-order valence-electron chi connectivity index (χ1n) is 6.17. The highest BCUT2D eigenvalue weighted by atomic mass is 127. The quantitative estimate of drug-likeness (QED) is 0.569. The van der Waals surface area contributed by atoms with Crippen molar-refractivity contribution in [2.45, 2.75) is 22.4 Å². The van der Waals surface area contributed by atoms with Crippen molar-refractivity contribution < 1.29 is 4.74 Å². The fourth-order valence-electron chi connectivity index (χ4n) is 4.24. The van der Waals surface area contributed by atoms with Crippen molar-refractivity contribution in [1.29, 1.82) is 0 Å². The summed E-state index contributed by atoms with van der Waals surface area (Å²) in [5.41, 5.74) is 1.55. The van der Waals surface area contributed by atoms with Crippen molar-refractivity contribution >= 4 is 22.6 Å². The molecule has 0 amide bonds. The van der Waals surface area contributed by atoms with Crippen molar-refractivity contribution in [3.05, 3.63) is 35.9 Å². The van der Waals surface area contributed by atoms with Crippen LogP contribution in [-0.2, 0) is 4.74 Å². The predicted molar refractivity (Wildman–Crippen MR) is 71.8 cm³/mol. The second-order valence-electron chi connectivity index (χ2n) is 5.41. The molecule has 1 aromatic carbocycles. The maximum absolute atomic E-state index is 5.99. The standard InChI is InChI=1S/C14H15IO/c15-13-10-6-9-11(7-16-14(9)13)12(10)8-4-2-1-3-5-8/h1-5,9-14H,6-7H2/t9-,10+,11-,12-,13+,14+/m1/s1. The highest BCUT2D eigenvalue weighted by molar-refractivity contribution is 14.1. The molecule has 2 saturated carbocycles. The van der Waals surface area contributed by atoms with Crippen LogP contribution in [0.2, 0.25) is 0 Å². The van der Waals surface area contributed by atoms with Crippen LogP contribution in [0, 0.1) is 17.8 Å². The van der Waals surface area contributed by atoms with E-state index in [0.29, 0.717) is 6.10 Å². The summed E-state index contributed by atoms with van der Waals surface area (Å²) in [6.45, 7) is 1.00. The number of halogens is 1. The Kier molecular flexibility index (Phi) is 2.13. The monoisotopic (exact) mass is 326 g/mol. The fourth-order valence-corrected chi connectivity index (χ4v) is 5.72. The van der Waals surface area contributed by atoms with Gasteiger partial charge in [-0.1, -0.05) is 52.9 Å². The molecule has 0 radical (unpaired) electrons. The van der Waals surface area contributed by atoms with Crippen molar-refractivity contribution in [1.82, 2.24) is 0 Å². The smallest absolute Gasteiger partial charge is 0.0727 e. The average Bonchev–Trinajstić information content (AvgIpc) is 2.91. The van der Waals surface area contributed by atoms with Gasteiger partial charge in [0.05, 0.1) is 12.7 Å². The summed E-state index contributed by atoms with van der Waals surface area (Å²) in [5.74, 6) is 3.30. The van der Waals surface area contributed by atoms with Crippen LogP contribution in [0.4, 0.5) is 0 Å². The summed E-state index contributed by atoms with van der Waals surface area (Å²) in [7, 11) is 0. The molecule has 0 unspecified atom stereocenters. The van der Waals surface area contributed by atoms with Crippen LogP contribution >= 0.6 is 22.6 Å². The molecule has 3 fully saturated rings. The zero-order valence-corrected chi connectivity index (χ0v) is 11.2. The number of ether oxygens (including phenoxy) is 1. The lowest BCUT2D eigenvalue weighted by Gasteiger charge is -2.30. The van der Waals surface area contributed by atoms with Gasteiger partial charge in [0, 0.05) is 3.92 Å². The zero-order valence-electron chi connectivity index (χ0n) is 9.05. The molecule has 1 heterocycles. The second kappa shape index (κ2) is 3.45. The summed E-state index contributed by atoms with van der Waals surface area (Å²) < 4.78 is 6.73. The molecule has 2 bridgehead atoms. The van der Waals surface area contributed by atoms with Gasteiger partial charge in [0.25, 0.3) is 0 Å². The molecule has 0 spiro atoms. The third-order valence-corrected chi connectivity index (χ3v) is 6.46. The molecule has 1 nitrogen and oxygen atoms in total. The minimum Gasteiger partial charge on any atom is -0.376 e. The Balaban J connectivity index is 1.76. The third-order valence-electron chi connectivity index (χ3n) is 4.83. The van der Waals surface area contributed by atoms with E-state index in [-0.39, 0.29) is 0 Å². The van der Waals surface area contributed by atoms with Gasteiger partial charge in [0.2, 0.25) is 0 Å². The Labute approximate surface area is 110 Å². The minimum absolute atomic E-state index is 0.579. The molecule has 4 rings (SSSR count). The SMILES string of the molecule is I[C@H]1[C@H]2C[C@@H]3[C@@H](CO[C@H]13)[C@@H]2c1ccccc1. The average molecular weight is 326 g/mol. The van der Waals surface area contributed by atoms with Gasteiger partial charge in [-0.3, -0.25) is 0 Å². The van der Waals surface area contributed by atoms with Crippen LogP contribution in [0.25, 0.3) is 0 Å². The van der Waals surface area contributed by atoms with Crippen molar-refractivity contribution in [3.63, 3.8) is 0 Å². The van der Waals surface area contributed by atoms with E-state index in [2.05, 4.69) is 52.9 Å². The Morgan fingerprint density at radius 2 is 1.88 bits per heavy atom. The Morgan fingerprint density at radius 3 is 2.69 bits per heavy atom. The molecule has 16 heavy (non-hydrogen) atoms. The topological polar surface area (TPSA) is 9.23 Å². The maximum Gasteiger partial charge on any atom is 0.0727 e. The van der Waals surface area contributed by atoms with Gasteiger partial charge in [0.15, 0.2) is 0 Å². The Hall–Kier alpha value is -0.0900. The van der Waals surface area contributed by atoms with Gasteiger partial charge in [-0.05, 0) is 35.7 Å². The van der Waals surface area contributed by atoms with Gasteiger partial charge >= 0.3 is 0 Å². The molecular formula is C14H15IO. The van der Waals surface area contributed by atoms with E-state index < -0.39 is 0 Å². The van der Waals surface area contributed by atoms with Gasteiger partial charge in [-0.25, -0.2) is 0 Å². The fraction of sp³-hybridized carbons (Fsp3) is 0.571. The van der Waals surface area contributed by atoms with E-state index in [1.54, 1.807) is 5.56 Å². The first-order valence-corrected chi connectivity index (χ1v) is 7.41. The predicted octanol–water partition coefficient (Wildman–Crippen LogP) is 3.24. The molecular weight excluding hydrogens is 311 g/mol. The zero-order chi connectivity index (χ0) is 10.7. The minimum atomic E-state index is 0.579. The molecule has 1 aromatic rings. The van der Waals surface area contributed by atoms with E-state index in [4.69, 9.17) is 4.74 Å². The second-order valence-corrected chi connectivity index (χ2v) is 6.84. The normalized spacial score (nSPS) is 48.8. The van der Waals surface area contributed by atoms with Crippen molar-refractivity contribution in [3.8, 4) is 0 Å². The largest absolute Gasteiger partial charge is 0.376 e. The molecule has 3 aliphatic rings. The van der Waals surface area contributed by atoms with Gasteiger partial charge in [-0.15, -0.1) is 0 Å². The third kappa shape index (κ3) is 1.15. The lowest BCUT2D eigenvalue weighted by Crippen LogP contribution is -2.32. The molecule has 84 valence electrons. The molecule has 6 atom stereocenters. The van der Waals surface area contributed by atoms with Crippen LogP contribution in [0.3, 0.4) is 0 Å². The number of hydrogen-bond donors (Lipinski definition) is 0. The summed E-state index contributed by atoms with van der Waals surface area (Å²) in [6.07, 6.45) is 1.98. The molecule has 1 aliphatic heterocycles. The van der Waals surface area contributed by atoms with E-state index in [1.165, 1.54) is 6.42 Å². The van der Waals surface area contributed by atoms with E-state index in [0.717, 1.165) is 34.2 Å². The first-order chi connectivity index (χ1) is 7.86. The molecule has 1 saturated heterocycles. The molecule has 0 aromatic heterocycles. The molecule has 2 heteroatoms. The Morgan fingerprint density at radius 1 is 1.06 bits per heavy atom. The van der Waals surface area contributed by atoms with Crippen molar-refractivity contribution in [2.24, 2.45) is 17.8 Å². The van der Waals surface area contributed by atoms with Gasteiger partial charge in [0.1, 0.15) is 0 Å². The van der Waals surface area contributed by atoms with Crippen LogP contribution in [0.5, 0.6) is 0 Å². The summed E-state index contributed by atoms with van der Waals surface area (Å²) in [5, 5.41) is 0. The van der Waals surface area contributed by atoms with Crippen LogP contribution in [0.1, 0.15) is 17.9 Å². The lowest BCUT2D eigenvalue weighted by atomic mass is 9.76. The van der Waals surface area contributed by atoms with Gasteiger partial charge < -0.3 is 4.74 Å². The summed E-state index contributed by atoms with van der Waals surface area (Å²) >= 11 is 2.63. The number of hydrogen-bond acceptors (Lipinski definition) is 1. The van der Waals surface area contributed by atoms with E-state index in [1.807, 2.05) is 0 Å². The van der Waals surface area contributed by atoms with Crippen LogP contribution in [-0.4, -0.2) is 16.6 Å². The van der Waals surface area contributed by atoms with Crippen LogP contribution < -0.4 is 0 Å². The number of rotatable bonds is 1. The maximum atomic E-state index is 5.99. The number of benzene rings is 1. The van der Waals surface area contributed by atoms with Gasteiger partial charge in [-0.2, -0.15) is 0 Å². The highest BCUT2D eigenvalue weighted by Gasteiger charge is 2.61. The molecule has 0 N–H and O–H groups in total. The van der Waals surface area contributed by atoms with Crippen LogP contribution in [0.15, 0.2) is 30.3 Å².